The van der Waals surface area contributed by atoms with Gasteiger partial charge in [-0.15, -0.1) is 0 Å². The maximum Gasteiger partial charge on any atom is 0.306 e. The molecule has 5 rings (SSSR count). The summed E-state index contributed by atoms with van der Waals surface area (Å²) in [6.45, 7) is 5.61. The van der Waals surface area contributed by atoms with Crippen LogP contribution in [0.1, 0.15) is 67.6 Å². The first-order valence-electron chi connectivity index (χ1n) is 12.6. The Hall–Kier alpha value is -3.62. The SMILES string of the molecule is CCOc1cc(-c2cnc(C3CCc4ccc([C@H](C5CC5)[C@H](C)C(=O)O)c(F)c4O3)c(C)n2)c(F)cn1. The van der Waals surface area contributed by atoms with E-state index in [1.165, 1.54) is 12.3 Å². The summed E-state index contributed by atoms with van der Waals surface area (Å²) >= 11 is 0. The molecule has 1 saturated carbocycles. The zero-order chi connectivity index (χ0) is 26.3. The van der Waals surface area contributed by atoms with Gasteiger partial charge in [-0.25, -0.2) is 18.7 Å². The average molecular weight is 510 g/mol. The summed E-state index contributed by atoms with van der Waals surface area (Å²) in [7, 11) is 0. The molecule has 7 nitrogen and oxygen atoms in total. The summed E-state index contributed by atoms with van der Waals surface area (Å²) in [6.07, 6.45) is 4.99. The summed E-state index contributed by atoms with van der Waals surface area (Å²) in [5.41, 5.74) is 2.81. The minimum absolute atomic E-state index is 0.156. The number of pyridine rings is 1. The number of aromatic nitrogens is 3. The van der Waals surface area contributed by atoms with Crippen LogP contribution in [-0.2, 0) is 11.2 Å². The topological polar surface area (TPSA) is 94.4 Å². The van der Waals surface area contributed by atoms with Crippen molar-refractivity contribution in [2.75, 3.05) is 6.61 Å². The number of hydrogen-bond donors (Lipinski definition) is 1. The van der Waals surface area contributed by atoms with Crippen LogP contribution in [0.5, 0.6) is 11.6 Å². The monoisotopic (exact) mass is 509 g/mol. The molecule has 0 saturated heterocycles. The van der Waals surface area contributed by atoms with Crippen molar-refractivity contribution in [3.8, 4) is 22.9 Å². The number of hydrogen-bond acceptors (Lipinski definition) is 6. The minimum Gasteiger partial charge on any atom is -0.481 e. The van der Waals surface area contributed by atoms with E-state index in [0.29, 0.717) is 48.0 Å². The Bertz CT molecular complexity index is 1350. The van der Waals surface area contributed by atoms with Crippen LogP contribution in [0.2, 0.25) is 0 Å². The van der Waals surface area contributed by atoms with E-state index >= 15 is 4.39 Å². The Kier molecular flexibility index (Phi) is 6.79. The zero-order valence-electron chi connectivity index (χ0n) is 21.0. The Morgan fingerprint density at radius 1 is 1.22 bits per heavy atom. The Labute approximate surface area is 213 Å². The second kappa shape index (κ2) is 10.0. The molecular formula is C28H29F2N3O4. The molecule has 3 aromatic rings. The molecule has 3 atom stereocenters. The standard InChI is InChI=1S/C28H29F2N3O4/c1-4-36-23-11-19(20(29)12-31-23)21-13-32-26(15(3)33-21)22-10-8-17-7-9-18(25(30)27(17)37-22)24(16-5-6-16)14(2)28(34)35/h7,9,11-14,16,22,24H,4-6,8,10H2,1-3H3,(H,34,35)/t14-,22?,24-/m0/s1. The van der Waals surface area contributed by atoms with Crippen molar-refractivity contribution in [1.82, 2.24) is 15.0 Å². The van der Waals surface area contributed by atoms with Crippen LogP contribution in [0.4, 0.5) is 8.78 Å². The van der Waals surface area contributed by atoms with Crippen molar-refractivity contribution in [2.45, 2.75) is 58.5 Å². The van der Waals surface area contributed by atoms with Gasteiger partial charge in [-0.2, -0.15) is 0 Å². The summed E-state index contributed by atoms with van der Waals surface area (Å²) in [5.74, 6) is -2.44. The molecule has 2 aromatic heterocycles. The van der Waals surface area contributed by atoms with Crippen LogP contribution in [0.25, 0.3) is 11.3 Å². The molecule has 3 heterocycles. The summed E-state index contributed by atoms with van der Waals surface area (Å²) in [6, 6.07) is 5.05. The Morgan fingerprint density at radius 3 is 2.68 bits per heavy atom. The number of halogens is 2. The molecule has 1 aliphatic carbocycles. The van der Waals surface area contributed by atoms with E-state index < -0.39 is 35.5 Å². The van der Waals surface area contributed by atoms with Gasteiger partial charge in [-0.3, -0.25) is 9.78 Å². The molecule has 1 aromatic carbocycles. The lowest BCUT2D eigenvalue weighted by Gasteiger charge is -2.29. The number of carboxylic acid groups (broad SMARTS) is 1. The molecule has 2 aliphatic rings. The first-order chi connectivity index (χ1) is 17.8. The summed E-state index contributed by atoms with van der Waals surface area (Å²) in [4.78, 5) is 24.7. The molecule has 9 heteroatoms. The van der Waals surface area contributed by atoms with E-state index in [-0.39, 0.29) is 17.2 Å². The van der Waals surface area contributed by atoms with E-state index in [1.54, 1.807) is 19.9 Å². The largest absolute Gasteiger partial charge is 0.481 e. The van der Waals surface area contributed by atoms with Crippen LogP contribution in [-0.4, -0.2) is 32.6 Å². The lowest BCUT2D eigenvalue weighted by Crippen LogP contribution is -2.23. The average Bonchev–Trinajstić information content (AvgIpc) is 3.72. The van der Waals surface area contributed by atoms with E-state index in [1.807, 2.05) is 13.0 Å². The summed E-state index contributed by atoms with van der Waals surface area (Å²) in [5, 5.41) is 9.60. The minimum atomic E-state index is -0.933. The molecule has 1 fully saturated rings. The zero-order valence-corrected chi connectivity index (χ0v) is 21.0. The number of carbonyl (C=O) groups is 1. The first-order valence-corrected chi connectivity index (χ1v) is 12.6. The number of fused-ring (bicyclic) bond motifs is 1. The van der Waals surface area contributed by atoms with Gasteiger partial charge in [0.15, 0.2) is 17.4 Å². The number of carboxylic acids is 1. The maximum atomic E-state index is 15.8. The molecular weight excluding hydrogens is 480 g/mol. The van der Waals surface area contributed by atoms with Gasteiger partial charge in [0.2, 0.25) is 5.88 Å². The van der Waals surface area contributed by atoms with Gasteiger partial charge < -0.3 is 14.6 Å². The maximum absolute atomic E-state index is 15.8. The highest BCUT2D eigenvalue weighted by Crippen LogP contribution is 2.49. The van der Waals surface area contributed by atoms with E-state index in [9.17, 15) is 14.3 Å². The van der Waals surface area contributed by atoms with Crippen LogP contribution in [0, 0.1) is 30.4 Å². The van der Waals surface area contributed by atoms with E-state index in [0.717, 1.165) is 24.6 Å². The van der Waals surface area contributed by atoms with E-state index in [2.05, 4.69) is 15.0 Å². The van der Waals surface area contributed by atoms with Gasteiger partial charge in [0.25, 0.3) is 0 Å². The lowest BCUT2D eigenvalue weighted by molar-refractivity contribution is -0.142. The molecule has 1 unspecified atom stereocenters. The number of aryl methyl sites for hydroxylation is 2. The van der Waals surface area contributed by atoms with Crippen LogP contribution in [0.15, 0.2) is 30.6 Å². The molecule has 194 valence electrons. The van der Waals surface area contributed by atoms with Crippen molar-refractivity contribution in [1.29, 1.82) is 0 Å². The fourth-order valence-electron chi connectivity index (χ4n) is 5.19. The van der Waals surface area contributed by atoms with Crippen molar-refractivity contribution < 1.29 is 28.2 Å². The predicted octanol–water partition coefficient (Wildman–Crippen LogP) is 5.80. The third-order valence-corrected chi connectivity index (χ3v) is 7.25. The van der Waals surface area contributed by atoms with Crippen LogP contribution in [0.3, 0.4) is 0 Å². The van der Waals surface area contributed by atoms with Crippen LogP contribution < -0.4 is 9.47 Å². The molecule has 0 amide bonds. The Morgan fingerprint density at radius 2 is 2.00 bits per heavy atom. The van der Waals surface area contributed by atoms with Gasteiger partial charge >= 0.3 is 5.97 Å². The predicted molar refractivity (Wildman–Crippen MR) is 131 cm³/mol. The molecule has 0 spiro atoms. The number of nitrogens with zero attached hydrogens (tertiary/aromatic N) is 3. The van der Waals surface area contributed by atoms with Crippen molar-refractivity contribution in [3.05, 3.63) is 64.7 Å². The number of ether oxygens (including phenoxy) is 2. The van der Waals surface area contributed by atoms with E-state index in [4.69, 9.17) is 9.47 Å². The highest BCUT2D eigenvalue weighted by molar-refractivity contribution is 5.71. The third-order valence-electron chi connectivity index (χ3n) is 7.25. The Balaban J connectivity index is 1.44. The lowest BCUT2D eigenvalue weighted by atomic mass is 9.82. The van der Waals surface area contributed by atoms with Crippen molar-refractivity contribution in [2.24, 2.45) is 11.8 Å². The van der Waals surface area contributed by atoms with Gasteiger partial charge in [-0.05, 0) is 56.6 Å². The van der Waals surface area contributed by atoms with Crippen molar-refractivity contribution in [3.63, 3.8) is 0 Å². The van der Waals surface area contributed by atoms with Gasteiger partial charge in [0.05, 0.1) is 36.3 Å². The quantitative estimate of drug-likeness (QED) is 0.410. The molecule has 0 bridgehead atoms. The fourth-order valence-corrected chi connectivity index (χ4v) is 5.19. The number of benzene rings is 1. The highest BCUT2D eigenvalue weighted by atomic mass is 19.1. The summed E-state index contributed by atoms with van der Waals surface area (Å²) < 4.78 is 41.8. The van der Waals surface area contributed by atoms with Gasteiger partial charge in [0, 0.05) is 17.5 Å². The first kappa shape index (κ1) is 25.0. The normalized spacial score (nSPS) is 18.5. The second-order valence-corrected chi connectivity index (χ2v) is 9.75. The van der Waals surface area contributed by atoms with Crippen LogP contribution >= 0.6 is 0 Å². The second-order valence-electron chi connectivity index (χ2n) is 9.75. The third kappa shape index (κ3) is 4.86. The number of rotatable bonds is 8. The molecule has 37 heavy (non-hydrogen) atoms. The fraction of sp³-hybridized carbons (Fsp3) is 0.429. The van der Waals surface area contributed by atoms with Gasteiger partial charge in [0.1, 0.15) is 11.8 Å². The molecule has 0 radical (unpaired) electrons. The highest BCUT2D eigenvalue weighted by Gasteiger charge is 2.41. The van der Waals surface area contributed by atoms with Gasteiger partial charge in [-0.1, -0.05) is 19.1 Å². The number of aliphatic carboxylic acids is 1. The van der Waals surface area contributed by atoms with Crippen molar-refractivity contribution >= 4 is 5.97 Å². The molecule has 1 N–H and O–H groups in total. The molecule has 1 aliphatic heterocycles. The smallest absolute Gasteiger partial charge is 0.306 e.